The third kappa shape index (κ3) is 3.46. The molecule has 1 saturated heterocycles. The van der Waals surface area contributed by atoms with E-state index in [4.69, 9.17) is 10.3 Å². The van der Waals surface area contributed by atoms with Gasteiger partial charge in [0.25, 0.3) is 0 Å². The third-order valence-electron chi connectivity index (χ3n) is 3.93. The lowest BCUT2D eigenvalue weighted by Crippen LogP contribution is -2.47. The monoisotopic (exact) mass is 300 g/mol. The van der Waals surface area contributed by atoms with Crippen LogP contribution in [-0.4, -0.2) is 48.7 Å². The number of anilines is 1. The lowest BCUT2D eigenvalue weighted by atomic mass is 10.1. The van der Waals surface area contributed by atoms with Crippen LogP contribution in [0.25, 0.3) is 11.3 Å². The number of carbonyl (C=O) groups excluding carboxylic acids is 1. The van der Waals surface area contributed by atoms with Gasteiger partial charge in [0.15, 0.2) is 0 Å². The summed E-state index contributed by atoms with van der Waals surface area (Å²) in [6.45, 7) is 4.25. The van der Waals surface area contributed by atoms with Crippen LogP contribution in [0.2, 0.25) is 0 Å². The van der Waals surface area contributed by atoms with Crippen molar-refractivity contribution in [1.82, 2.24) is 10.1 Å². The van der Waals surface area contributed by atoms with Gasteiger partial charge in [-0.25, -0.2) is 0 Å². The molecule has 0 aliphatic carbocycles. The number of nitrogens with two attached hydrogens (primary N) is 1. The number of piperazine rings is 1. The average molecular weight is 300 g/mol. The van der Waals surface area contributed by atoms with E-state index in [0.717, 1.165) is 49.9 Å². The predicted molar refractivity (Wildman–Crippen MR) is 84.4 cm³/mol. The van der Waals surface area contributed by atoms with E-state index in [1.165, 1.54) is 0 Å². The van der Waals surface area contributed by atoms with Crippen molar-refractivity contribution in [1.29, 1.82) is 0 Å². The summed E-state index contributed by atoms with van der Waals surface area (Å²) in [6, 6.07) is 12.0. The Hall–Kier alpha value is -2.34. The number of rotatable bonds is 5. The molecule has 0 atom stereocenters. The molecule has 1 aliphatic heterocycles. The second kappa shape index (κ2) is 6.62. The molecule has 0 unspecified atom stereocenters. The Labute approximate surface area is 129 Å². The van der Waals surface area contributed by atoms with Crippen LogP contribution >= 0.6 is 0 Å². The van der Waals surface area contributed by atoms with Crippen LogP contribution in [0.5, 0.6) is 0 Å². The van der Waals surface area contributed by atoms with E-state index >= 15 is 0 Å². The first kappa shape index (κ1) is 14.6. The highest BCUT2D eigenvalue weighted by molar-refractivity contribution is 5.73. The highest BCUT2D eigenvalue weighted by Crippen LogP contribution is 2.24. The number of primary amides is 1. The van der Waals surface area contributed by atoms with Crippen LogP contribution in [0.4, 0.5) is 5.88 Å². The minimum atomic E-state index is -0.245. The first-order chi connectivity index (χ1) is 10.7. The topological polar surface area (TPSA) is 75.6 Å². The predicted octanol–water partition coefficient (Wildman–Crippen LogP) is 1.34. The van der Waals surface area contributed by atoms with Gasteiger partial charge in [-0.1, -0.05) is 35.5 Å². The molecule has 0 spiro atoms. The molecule has 0 radical (unpaired) electrons. The molecule has 1 fully saturated rings. The number of carbonyl (C=O) groups is 1. The van der Waals surface area contributed by atoms with E-state index in [9.17, 15) is 4.79 Å². The molecule has 1 amide bonds. The first-order valence-corrected chi connectivity index (χ1v) is 7.50. The maximum absolute atomic E-state index is 10.8. The molecule has 3 rings (SSSR count). The number of hydrogen-bond donors (Lipinski definition) is 1. The molecule has 2 heterocycles. The Kier molecular flexibility index (Phi) is 4.39. The summed E-state index contributed by atoms with van der Waals surface area (Å²) in [7, 11) is 0. The van der Waals surface area contributed by atoms with E-state index < -0.39 is 0 Å². The SMILES string of the molecule is NC(=O)CCN1CCN(c2cc(-c3ccccc3)no2)CC1. The molecule has 1 aromatic heterocycles. The summed E-state index contributed by atoms with van der Waals surface area (Å²) in [5.74, 6) is 0.554. The van der Waals surface area contributed by atoms with E-state index in [2.05, 4.69) is 15.0 Å². The highest BCUT2D eigenvalue weighted by atomic mass is 16.5. The largest absolute Gasteiger partial charge is 0.370 e. The molecular weight excluding hydrogens is 280 g/mol. The van der Waals surface area contributed by atoms with Crippen LogP contribution < -0.4 is 10.6 Å². The zero-order chi connectivity index (χ0) is 15.4. The number of nitrogens with zero attached hydrogens (tertiary/aromatic N) is 3. The van der Waals surface area contributed by atoms with Crippen LogP contribution in [0.3, 0.4) is 0 Å². The summed E-state index contributed by atoms with van der Waals surface area (Å²) >= 11 is 0. The number of hydrogen-bond acceptors (Lipinski definition) is 5. The summed E-state index contributed by atoms with van der Waals surface area (Å²) < 4.78 is 5.48. The molecule has 1 aromatic carbocycles. The minimum Gasteiger partial charge on any atom is -0.370 e. The van der Waals surface area contributed by atoms with Gasteiger partial charge in [-0.2, -0.15) is 0 Å². The Bertz CT molecular complexity index is 618. The molecule has 0 saturated carbocycles. The fourth-order valence-corrected chi connectivity index (χ4v) is 2.62. The van der Waals surface area contributed by atoms with Gasteiger partial charge in [-0.3, -0.25) is 9.69 Å². The van der Waals surface area contributed by atoms with Crippen LogP contribution in [0.15, 0.2) is 40.9 Å². The fourth-order valence-electron chi connectivity index (χ4n) is 2.62. The van der Waals surface area contributed by atoms with Crippen molar-refractivity contribution in [3.63, 3.8) is 0 Å². The molecule has 2 aromatic rings. The molecule has 0 bridgehead atoms. The van der Waals surface area contributed by atoms with E-state index in [-0.39, 0.29) is 5.91 Å². The zero-order valence-corrected chi connectivity index (χ0v) is 12.4. The summed E-state index contributed by atoms with van der Waals surface area (Å²) in [5, 5.41) is 4.15. The molecule has 116 valence electrons. The lowest BCUT2D eigenvalue weighted by Gasteiger charge is -2.33. The van der Waals surface area contributed by atoms with Crippen molar-refractivity contribution < 1.29 is 9.32 Å². The standard InChI is InChI=1S/C16H20N4O2/c17-15(21)6-7-19-8-10-20(11-9-19)16-12-14(18-22-16)13-4-2-1-3-5-13/h1-5,12H,6-11H2,(H2,17,21). The molecular formula is C16H20N4O2. The van der Waals surface area contributed by atoms with E-state index in [0.29, 0.717) is 6.42 Å². The molecule has 22 heavy (non-hydrogen) atoms. The molecule has 1 aliphatic rings. The Morgan fingerprint density at radius 2 is 1.91 bits per heavy atom. The molecule has 6 nitrogen and oxygen atoms in total. The maximum atomic E-state index is 10.8. The smallest absolute Gasteiger partial charge is 0.227 e. The van der Waals surface area contributed by atoms with Gasteiger partial charge in [-0.15, -0.1) is 0 Å². The van der Waals surface area contributed by atoms with Crippen LogP contribution in [0, 0.1) is 0 Å². The van der Waals surface area contributed by atoms with Crippen molar-refractivity contribution in [2.45, 2.75) is 6.42 Å². The van der Waals surface area contributed by atoms with Crippen molar-refractivity contribution in [3.8, 4) is 11.3 Å². The number of aromatic nitrogens is 1. The van der Waals surface area contributed by atoms with E-state index in [1.54, 1.807) is 0 Å². The number of amides is 1. The third-order valence-corrected chi connectivity index (χ3v) is 3.93. The van der Waals surface area contributed by atoms with Gasteiger partial charge in [0.1, 0.15) is 5.69 Å². The molecule has 6 heteroatoms. The van der Waals surface area contributed by atoms with Gasteiger partial charge < -0.3 is 15.2 Å². The van der Waals surface area contributed by atoms with Gasteiger partial charge >= 0.3 is 0 Å². The lowest BCUT2D eigenvalue weighted by molar-refractivity contribution is -0.118. The second-order valence-electron chi connectivity index (χ2n) is 5.46. The Morgan fingerprint density at radius 3 is 2.59 bits per heavy atom. The minimum absolute atomic E-state index is 0.245. The van der Waals surface area contributed by atoms with Crippen molar-refractivity contribution >= 4 is 11.8 Å². The van der Waals surface area contributed by atoms with Crippen molar-refractivity contribution in [2.24, 2.45) is 5.73 Å². The van der Waals surface area contributed by atoms with Gasteiger partial charge in [0.05, 0.1) is 0 Å². The first-order valence-electron chi connectivity index (χ1n) is 7.50. The van der Waals surface area contributed by atoms with Gasteiger partial charge in [-0.05, 0) is 0 Å². The maximum Gasteiger partial charge on any atom is 0.227 e. The normalized spacial score (nSPS) is 15.9. The summed E-state index contributed by atoms with van der Waals surface area (Å²) in [4.78, 5) is 15.3. The van der Waals surface area contributed by atoms with Crippen molar-refractivity contribution in [3.05, 3.63) is 36.4 Å². The Balaban J connectivity index is 1.58. The Morgan fingerprint density at radius 1 is 1.18 bits per heavy atom. The van der Waals surface area contributed by atoms with Crippen LogP contribution in [0.1, 0.15) is 6.42 Å². The second-order valence-corrected chi connectivity index (χ2v) is 5.46. The number of benzene rings is 1. The summed E-state index contributed by atoms with van der Waals surface area (Å²) in [5.41, 5.74) is 7.09. The van der Waals surface area contributed by atoms with Gasteiger partial charge in [0.2, 0.25) is 11.8 Å². The van der Waals surface area contributed by atoms with Crippen LogP contribution in [-0.2, 0) is 4.79 Å². The summed E-state index contributed by atoms with van der Waals surface area (Å²) in [6.07, 6.45) is 0.417. The highest BCUT2D eigenvalue weighted by Gasteiger charge is 2.20. The van der Waals surface area contributed by atoms with Crippen molar-refractivity contribution in [2.75, 3.05) is 37.6 Å². The average Bonchev–Trinajstić information content (AvgIpc) is 3.04. The fraction of sp³-hybridized carbons (Fsp3) is 0.375. The quantitative estimate of drug-likeness (QED) is 0.902. The van der Waals surface area contributed by atoms with E-state index in [1.807, 2.05) is 36.4 Å². The van der Waals surface area contributed by atoms with Gasteiger partial charge in [0, 0.05) is 50.8 Å². The zero-order valence-electron chi connectivity index (χ0n) is 12.4. The molecule has 2 N–H and O–H groups in total.